The van der Waals surface area contributed by atoms with Crippen LogP contribution in [-0.2, 0) is 10.3 Å². The average Bonchev–Trinajstić information content (AvgIpc) is 2.99. The molecule has 1 aromatic carbocycles. The Morgan fingerprint density at radius 3 is 2.83 bits per heavy atom. The normalized spacial score (nSPS) is 18.5. The van der Waals surface area contributed by atoms with Crippen molar-refractivity contribution >= 4 is 17.0 Å². The second kappa shape index (κ2) is 6.60. The summed E-state index contributed by atoms with van der Waals surface area (Å²) < 4.78 is 10.9. The van der Waals surface area contributed by atoms with Crippen LogP contribution in [0.25, 0.3) is 11.0 Å². The van der Waals surface area contributed by atoms with E-state index in [4.69, 9.17) is 9.15 Å². The average molecular weight is 318 g/mol. The number of urea groups is 1. The molecule has 2 aromatic rings. The zero-order valence-corrected chi connectivity index (χ0v) is 13.2. The van der Waals surface area contributed by atoms with Crippen molar-refractivity contribution in [3.05, 3.63) is 36.1 Å². The molecule has 2 amide bonds. The second-order valence-electron chi connectivity index (χ2n) is 6.14. The third kappa shape index (κ3) is 3.83. The Kier molecular flexibility index (Phi) is 4.54. The van der Waals surface area contributed by atoms with Crippen LogP contribution in [0.3, 0.4) is 0 Å². The molecule has 1 aliphatic rings. The zero-order chi connectivity index (χ0) is 16.3. The lowest BCUT2D eigenvalue weighted by atomic mass is 10.0. The van der Waals surface area contributed by atoms with Crippen molar-refractivity contribution in [2.24, 2.45) is 0 Å². The SMILES string of the molecule is C[C@@](O)(CNC(=O)NC1CCOCC1)c1cc2ccccc2o1. The lowest BCUT2D eigenvalue weighted by molar-refractivity contribution is 0.0377. The molecule has 23 heavy (non-hydrogen) atoms. The Morgan fingerprint density at radius 2 is 2.09 bits per heavy atom. The summed E-state index contributed by atoms with van der Waals surface area (Å²) in [6.07, 6.45) is 1.63. The summed E-state index contributed by atoms with van der Waals surface area (Å²) in [6, 6.07) is 9.20. The molecule has 1 aliphatic heterocycles. The molecular weight excluding hydrogens is 296 g/mol. The number of carbonyl (C=O) groups is 1. The Labute approximate surface area is 134 Å². The topological polar surface area (TPSA) is 83.7 Å². The molecule has 1 atom stereocenters. The zero-order valence-electron chi connectivity index (χ0n) is 13.2. The van der Waals surface area contributed by atoms with Gasteiger partial charge in [-0.2, -0.15) is 0 Å². The predicted molar refractivity (Wildman–Crippen MR) is 86.2 cm³/mol. The minimum absolute atomic E-state index is 0.0713. The molecule has 0 bridgehead atoms. The van der Waals surface area contributed by atoms with Gasteiger partial charge in [0.1, 0.15) is 16.9 Å². The highest BCUT2D eigenvalue weighted by Gasteiger charge is 2.28. The third-order valence-corrected chi connectivity index (χ3v) is 4.11. The van der Waals surface area contributed by atoms with Crippen LogP contribution in [0.4, 0.5) is 4.79 Å². The first kappa shape index (κ1) is 15.8. The van der Waals surface area contributed by atoms with E-state index >= 15 is 0 Å². The van der Waals surface area contributed by atoms with Gasteiger partial charge in [-0.3, -0.25) is 0 Å². The van der Waals surface area contributed by atoms with Gasteiger partial charge in [0.2, 0.25) is 0 Å². The van der Waals surface area contributed by atoms with E-state index < -0.39 is 5.60 Å². The minimum atomic E-state index is -1.27. The number of hydrogen-bond donors (Lipinski definition) is 3. The molecule has 6 heteroatoms. The predicted octanol–water partition coefficient (Wildman–Crippen LogP) is 2.12. The fraction of sp³-hybridized carbons (Fsp3) is 0.471. The van der Waals surface area contributed by atoms with Crippen LogP contribution in [0.2, 0.25) is 0 Å². The Balaban J connectivity index is 1.58. The maximum atomic E-state index is 12.0. The highest BCUT2D eigenvalue weighted by atomic mass is 16.5. The number of rotatable bonds is 4. The number of carbonyl (C=O) groups excluding carboxylic acids is 1. The Hall–Kier alpha value is -2.05. The summed E-state index contributed by atoms with van der Waals surface area (Å²) in [7, 11) is 0. The van der Waals surface area contributed by atoms with Crippen LogP contribution >= 0.6 is 0 Å². The second-order valence-corrected chi connectivity index (χ2v) is 6.14. The van der Waals surface area contributed by atoms with Crippen molar-refractivity contribution < 1.29 is 19.1 Å². The summed E-state index contributed by atoms with van der Waals surface area (Å²) >= 11 is 0. The van der Waals surface area contributed by atoms with E-state index in [1.165, 1.54) is 0 Å². The quantitative estimate of drug-likeness (QED) is 0.806. The molecule has 0 aliphatic carbocycles. The maximum Gasteiger partial charge on any atom is 0.315 e. The van der Waals surface area contributed by atoms with Gasteiger partial charge in [-0.1, -0.05) is 18.2 Å². The van der Waals surface area contributed by atoms with E-state index in [9.17, 15) is 9.90 Å². The van der Waals surface area contributed by atoms with Crippen LogP contribution in [0, 0.1) is 0 Å². The lowest BCUT2D eigenvalue weighted by Crippen LogP contribution is -2.48. The number of ether oxygens (including phenoxy) is 1. The number of furan rings is 1. The molecule has 3 N–H and O–H groups in total. The summed E-state index contributed by atoms with van der Waals surface area (Å²) in [6.45, 7) is 3.03. The monoisotopic (exact) mass is 318 g/mol. The number of fused-ring (bicyclic) bond motifs is 1. The van der Waals surface area contributed by atoms with Crippen LogP contribution in [0.5, 0.6) is 0 Å². The van der Waals surface area contributed by atoms with E-state index in [1.807, 2.05) is 24.3 Å². The Bertz CT molecular complexity index is 641. The first-order valence-electron chi connectivity index (χ1n) is 7.88. The summed E-state index contributed by atoms with van der Waals surface area (Å²) in [4.78, 5) is 12.0. The van der Waals surface area contributed by atoms with Crippen molar-refractivity contribution in [1.29, 1.82) is 0 Å². The highest BCUT2D eigenvalue weighted by Crippen LogP contribution is 2.27. The van der Waals surface area contributed by atoms with Gasteiger partial charge >= 0.3 is 6.03 Å². The molecule has 0 spiro atoms. The van der Waals surface area contributed by atoms with E-state index in [1.54, 1.807) is 13.0 Å². The fourth-order valence-corrected chi connectivity index (χ4v) is 2.67. The number of amides is 2. The highest BCUT2D eigenvalue weighted by molar-refractivity contribution is 5.78. The van der Waals surface area contributed by atoms with Gasteiger partial charge in [0.15, 0.2) is 0 Å². The van der Waals surface area contributed by atoms with Gasteiger partial charge in [0.05, 0.1) is 6.54 Å². The molecule has 1 aromatic heterocycles. The van der Waals surface area contributed by atoms with Gasteiger partial charge in [-0.05, 0) is 31.9 Å². The van der Waals surface area contributed by atoms with Crippen LogP contribution < -0.4 is 10.6 Å². The molecule has 1 fully saturated rings. The van der Waals surface area contributed by atoms with Crippen molar-refractivity contribution in [3.63, 3.8) is 0 Å². The number of aliphatic hydroxyl groups is 1. The number of nitrogens with one attached hydrogen (secondary N) is 2. The van der Waals surface area contributed by atoms with Crippen molar-refractivity contribution in [2.45, 2.75) is 31.4 Å². The van der Waals surface area contributed by atoms with Gasteiger partial charge < -0.3 is 24.9 Å². The number of para-hydroxylation sites is 1. The molecule has 2 heterocycles. The van der Waals surface area contributed by atoms with Crippen molar-refractivity contribution in [3.8, 4) is 0 Å². The summed E-state index contributed by atoms with van der Waals surface area (Å²) in [5, 5.41) is 17.1. The number of hydrogen-bond acceptors (Lipinski definition) is 4. The molecule has 124 valence electrons. The van der Waals surface area contributed by atoms with E-state index in [0.29, 0.717) is 19.0 Å². The van der Waals surface area contributed by atoms with Gasteiger partial charge in [-0.15, -0.1) is 0 Å². The standard InChI is InChI=1S/C17H22N2O4/c1-17(21,15-10-12-4-2-3-5-14(12)23-15)11-18-16(20)19-13-6-8-22-9-7-13/h2-5,10,13,21H,6-9,11H2,1H3,(H2,18,19,20)/t17-/m1/s1. The molecule has 0 saturated carbocycles. The maximum absolute atomic E-state index is 12.0. The minimum Gasteiger partial charge on any atom is -0.458 e. The third-order valence-electron chi connectivity index (χ3n) is 4.11. The molecule has 0 unspecified atom stereocenters. The van der Waals surface area contributed by atoms with Crippen molar-refractivity contribution in [1.82, 2.24) is 10.6 Å². The molecule has 3 rings (SSSR count). The van der Waals surface area contributed by atoms with Gasteiger partial charge in [-0.25, -0.2) is 4.79 Å². The van der Waals surface area contributed by atoms with E-state index in [-0.39, 0.29) is 18.6 Å². The van der Waals surface area contributed by atoms with Crippen LogP contribution in [-0.4, -0.2) is 36.9 Å². The van der Waals surface area contributed by atoms with Gasteiger partial charge in [0, 0.05) is 24.6 Å². The van der Waals surface area contributed by atoms with Crippen LogP contribution in [0.1, 0.15) is 25.5 Å². The Morgan fingerprint density at radius 1 is 1.35 bits per heavy atom. The lowest BCUT2D eigenvalue weighted by Gasteiger charge is -2.25. The van der Waals surface area contributed by atoms with Gasteiger partial charge in [0.25, 0.3) is 0 Å². The van der Waals surface area contributed by atoms with Crippen LogP contribution in [0.15, 0.2) is 34.7 Å². The number of benzene rings is 1. The molecule has 6 nitrogen and oxygen atoms in total. The summed E-state index contributed by atoms with van der Waals surface area (Å²) in [5.74, 6) is 0.435. The van der Waals surface area contributed by atoms with E-state index in [0.717, 1.165) is 23.8 Å². The smallest absolute Gasteiger partial charge is 0.315 e. The first-order valence-corrected chi connectivity index (χ1v) is 7.88. The largest absolute Gasteiger partial charge is 0.458 e. The fourth-order valence-electron chi connectivity index (χ4n) is 2.67. The molecular formula is C17H22N2O4. The van der Waals surface area contributed by atoms with Crippen molar-refractivity contribution in [2.75, 3.05) is 19.8 Å². The summed E-state index contributed by atoms with van der Waals surface area (Å²) in [5.41, 5.74) is -0.555. The molecule has 0 radical (unpaired) electrons. The first-order chi connectivity index (χ1) is 11.0. The molecule has 1 saturated heterocycles. The van der Waals surface area contributed by atoms with E-state index in [2.05, 4.69) is 10.6 Å².